The minimum absolute atomic E-state index is 0.0450. The van der Waals surface area contributed by atoms with Gasteiger partial charge >= 0.3 is 0 Å². The van der Waals surface area contributed by atoms with Crippen LogP contribution in [0.4, 0.5) is 11.4 Å². The number of thioether (sulfide) groups is 1. The van der Waals surface area contributed by atoms with Crippen LogP contribution < -0.4 is 4.90 Å². The largest absolute Gasteiger partial charge is 0.311 e. The van der Waals surface area contributed by atoms with E-state index in [4.69, 9.17) is 9.98 Å². The molecule has 2 aromatic rings. The molecule has 0 bridgehead atoms. The number of carbonyl (C=O) groups is 2. The molecule has 0 fully saturated rings. The number of hydrogen-bond donors (Lipinski definition) is 0. The summed E-state index contributed by atoms with van der Waals surface area (Å²) < 4.78 is 0. The van der Waals surface area contributed by atoms with Crippen LogP contribution >= 0.6 is 11.8 Å². The SMILES string of the molecule is CCC[C@H]1N=C2c3ccccc3N=C(S[C@H](CC)C(=O)N3CCc4ccccc43)N2C1=O. The van der Waals surface area contributed by atoms with Gasteiger partial charge in [0.1, 0.15) is 11.9 Å². The third-order valence-electron chi connectivity index (χ3n) is 6.16. The van der Waals surface area contributed by atoms with Crippen LogP contribution in [0.2, 0.25) is 0 Å². The van der Waals surface area contributed by atoms with E-state index in [0.717, 1.165) is 29.8 Å². The minimum Gasteiger partial charge on any atom is -0.311 e. The lowest BCUT2D eigenvalue weighted by molar-refractivity contribution is -0.124. The Bertz CT molecular complexity index is 1140. The quantitative estimate of drug-likeness (QED) is 0.677. The second-order valence-corrected chi connectivity index (χ2v) is 9.40. The summed E-state index contributed by atoms with van der Waals surface area (Å²) in [4.78, 5) is 39.8. The number of amides is 2. The normalized spacial score (nSPS) is 19.8. The Morgan fingerprint density at radius 3 is 2.75 bits per heavy atom. The van der Waals surface area contributed by atoms with Crippen LogP contribution in [0.3, 0.4) is 0 Å². The molecule has 2 aromatic carbocycles. The number of aliphatic imine (C=N–C) groups is 2. The molecule has 5 rings (SSSR count). The van der Waals surface area contributed by atoms with E-state index in [0.29, 0.717) is 30.4 Å². The lowest BCUT2D eigenvalue weighted by Gasteiger charge is -2.29. The van der Waals surface area contributed by atoms with Gasteiger partial charge in [0, 0.05) is 17.8 Å². The molecule has 6 nitrogen and oxygen atoms in total. The summed E-state index contributed by atoms with van der Waals surface area (Å²) in [5.74, 6) is 0.686. The van der Waals surface area contributed by atoms with Crippen molar-refractivity contribution >= 4 is 46.0 Å². The summed E-state index contributed by atoms with van der Waals surface area (Å²) in [6.07, 6.45) is 3.11. The average Bonchev–Trinajstić information content (AvgIpc) is 3.39. The van der Waals surface area contributed by atoms with Gasteiger partial charge in [0.25, 0.3) is 5.91 Å². The van der Waals surface area contributed by atoms with Crippen LogP contribution in [0.25, 0.3) is 0 Å². The van der Waals surface area contributed by atoms with Crippen LogP contribution in [0.15, 0.2) is 58.5 Å². The van der Waals surface area contributed by atoms with Gasteiger partial charge in [-0.2, -0.15) is 0 Å². The maximum atomic E-state index is 13.5. The lowest BCUT2D eigenvalue weighted by Crippen LogP contribution is -2.43. The van der Waals surface area contributed by atoms with E-state index in [9.17, 15) is 9.59 Å². The molecule has 0 N–H and O–H groups in total. The van der Waals surface area contributed by atoms with Crippen LogP contribution in [-0.2, 0) is 16.0 Å². The van der Waals surface area contributed by atoms with Crippen molar-refractivity contribution in [3.63, 3.8) is 0 Å². The molecule has 0 spiro atoms. The van der Waals surface area contributed by atoms with Crippen molar-refractivity contribution in [1.29, 1.82) is 0 Å². The Kier molecular flexibility index (Phi) is 5.59. The summed E-state index contributed by atoms with van der Waals surface area (Å²) in [6, 6.07) is 15.5. The number of fused-ring (bicyclic) bond motifs is 4. The van der Waals surface area contributed by atoms with E-state index < -0.39 is 0 Å². The fraction of sp³-hybridized carbons (Fsp3) is 0.360. The Hall–Kier alpha value is -2.93. The van der Waals surface area contributed by atoms with Crippen LogP contribution in [0.1, 0.15) is 44.2 Å². The molecular formula is C25H26N4O2S. The van der Waals surface area contributed by atoms with Gasteiger partial charge in [-0.3, -0.25) is 14.6 Å². The van der Waals surface area contributed by atoms with Crippen molar-refractivity contribution in [2.24, 2.45) is 9.98 Å². The monoisotopic (exact) mass is 446 g/mol. The molecule has 32 heavy (non-hydrogen) atoms. The van der Waals surface area contributed by atoms with E-state index in [1.807, 2.05) is 54.3 Å². The zero-order chi connectivity index (χ0) is 22.2. The molecule has 0 radical (unpaired) electrons. The third kappa shape index (κ3) is 3.45. The van der Waals surface area contributed by atoms with Gasteiger partial charge in [-0.15, -0.1) is 0 Å². The zero-order valence-corrected chi connectivity index (χ0v) is 19.1. The molecule has 0 saturated carbocycles. The molecule has 0 unspecified atom stereocenters. The fourth-order valence-corrected chi connectivity index (χ4v) is 5.60. The molecular weight excluding hydrogens is 420 g/mol. The Morgan fingerprint density at radius 1 is 1.16 bits per heavy atom. The minimum atomic E-state index is -0.381. The first kappa shape index (κ1) is 20.9. The first-order valence-electron chi connectivity index (χ1n) is 11.3. The molecule has 2 atom stereocenters. The van der Waals surface area contributed by atoms with Gasteiger partial charge < -0.3 is 4.90 Å². The maximum absolute atomic E-state index is 13.5. The number of benzene rings is 2. The molecule has 3 aliphatic rings. The van der Waals surface area contributed by atoms with Crippen molar-refractivity contribution in [1.82, 2.24) is 4.90 Å². The number of hydrogen-bond acceptors (Lipinski definition) is 5. The topological polar surface area (TPSA) is 65.3 Å². The predicted molar refractivity (Wildman–Crippen MR) is 130 cm³/mol. The summed E-state index contributed by atoms with van der Waals surface area (Å²) in [7, 11) is 0. The first-order valence-corrected chi connectivity index (χ1v) is 12.2. The number of anilines is 1. The van der Waals surface area contributed by atoms with E-state index in [1.165, 1.54) is 17.3 Å². The van der Waals surface area contributed by atoms with Crippen molar-refractivity contribution in [3.05, 3.63) is 59.7 Å². The van der Waals surface area contributed by atoms with E-state index in [1.54, 1.807) is 4.90 Å². The molecule has 3 heterocycles. The molecule has 0 saturated heterocycles. The molecule has 7 heteroatoms. The van der Waals surface area contributed by atoms with Crippen molar-refractivity contribution in [3.8, 4) is 0 Å². The van der Waals surface area contributed by atoms with Crippen molar-refractivity contribution in [2.75, 3.05) is 11.4 Å². The summed E-state index contributed by atoms with van der Waals surface area (Å²) in [5, 5.41) is 0.225. The second kappa shape index (κ2) is 8.54. The number of amidine groups is 2. The standard InChI is InChI=1S/C25H26N4O2S/c1-3-9-19-23(30)29-22(26-19)17-11-6-7-12-18(17)27-25(29)32-21(4-2)24(31)28-15-14-16-10-5-8-13-20(16)28/h5-8,10-13,19,21H,3-4,9,14-15H2,1-2H3/t19-,21-/m1/s1. The van der Waals surface area contributed by atoms with Crippen LogP contribution in [-0.4, -0.2) is 45.6 Å². The smallest absolute Gasteiger partial charge is 0.259 e. The van der Waals surface area contributed by atoms with Gasteiger partial charge in [-0.25, -0.2) is 9.89 Å². The third-order valence-corrected chi connectivity index (χ3v) is 7.46. The van der Waals surface area contributed by atoms with Crippen molar-refractivity contribution in [2.45, 2.75) is 50.8 Å². The van der Waals surface area contributed by atoms with Crippen LogP contribution in [0, 0.1) is 0 Å². The highest BCUT2D eigenvalue weighted by molar-refractivity contribution is 8.15. The van der Waals surface area contributed by atoms with Crippen molar-refractivity contribution < 1.29 is 9.59 Å². The number of para-hydroxylation sites is 2. The van der Waals surface area contributed by atoms with Gasteiger partial charge in [0.15, 0.2) is 5.17 Å². The highest BCUT2D eigenvalue weighted by Crippen LogP contribution is 2.37. The average molecular weight is 447 g/mol. The van der Waals surface area contributed by atoms with Crippen LogP contribution in [0.5, 0.6) is 0 Å². The van der Waals surface area contributed by atoms with Gasteiger partial charge in [-0.05, 0) is 43.0 Å². The van der Waals surface area contributed by atoms with E-state index >= 15 is 0 Å². The highest BCUT2D eigenvalue weighted by Gasteiger charge is 2.42. The fourth-order valence-electron chi connectivity index (χ4n) is 4.52. The predicted octanol–water partition coefficient (Wildman–Crippen LogP) is 4.55. The second-order valence-electron chi connectivity index (χ2n) is 8.23. The Balaban J connectivity index is 1.46. The Labute approximate surface area is 192 Å². The zero-order valence-electron chi connectivity index (χ0n) is 18.3. The summed E-state index contributed by atoms with van der Waals surface area (Å²) in [6.45, 7) is 4.76. The first-order chi connectivity index (χ1) is 15.6. The van der Waals surface area contributed by atoms with E-state index in [2.05, 4.69) is 13.0 Å². The number of rotatable bonds is 5. The Morgan fingerprint density at radius 2 is 1.94 bits per heavy atom. The molecule has 164 valence electrons. The molecule has 3 aliphatic heterocycles. The van der Waals surface area contributed by atoms with E-state index in [-0.39, 0.29) is 23.1 Å². The molecule has 0 aromatic heterocycles. The van der Waals surface area contributed by atoms with Gasteiger partial charge in [-0.1, -0.05) is 62.4 Å². The molecule has 2 amide bonds. The summed E-state index contributed by atoms with van der Waals surface area (Å²) in [5.41, 5.74) is 3.87. The number of nitrogens with zero attached hydrogens (tertiary/aromatic N) is 4. The number of carbonyl (C=O) groups excluding carboxylic acids is 2. The lowest BCUT2D eigenvalue weighted by atomic mass is 10.1. The molecule has 0 aliphatic carbocycles. The van der Waals surface area contributed by atoms with Gasteiger partial charge in [0.05, 0.1) is 10.9 Å². The summed E-state index contributed by atoms with van der Waals surface area (Å²) >= 11 is 1.38. The highest BCUT2D eigenvalue weighted by atomic mass is 32.2. The van der Waals surface area contributed by atoms with Gasteiger partial charge in [0.2, 0.25) is 5.91 Å². The maximum Gasteiger partial charge on any atom is 0.259 e.